The molecule has 0 radical (unpaired) electrons. The predicted octanol–water partition coefficient (Wildman–Crippen LogP) is 5.12. The predicted molar refractivity (Wildman–Crippen MR) is 149 cm³/mol. The summed E-state index contributed by atoms with van der Waals surface area (Å²) in [4.78, 5) is 14.6. The van der Waals surface area contributed by atoms with Crippen molar-refractivity contribution in [1.82, 2.24) is 4.90 Å². The quantitative estimate of drug-likeness (QED) is 0.446. The third-order valence-corrected chi connectivity index (χ3v) is 8.18. The zero-order valence-electron chi connectivity index (χ0n) is 21.7. The molecule has 2 aromatic carbocycles. The van der Waals surface area contributed by atoms with Crippen LogP contribution in [0.3, 0.4) is 0 Å². The Kier molecular flexibility index (Phi) is 9.08. The fraction of sp³-hybridized carbons (Fsp3) is 0.536. The number of piperidine rings is 1. The SMILES string of the molecule is C[C@@H]1[C@H](CN2CCC3(CC2)OCCO3)O[C@H](c2cccc(NC(=O)C(Cl)(Cl)Cl)c2)O[C@@H]1c1ccc(CO)cc1. The molecule has 3 fully saturated rings. The maximum atomic E-state index is 12.2. The number of ether oxygens (including phenoxy) is 4. The number of carbonyl (C=O) groups is 1. The van der Waals surface area contributed by atoms with Gasteiger partial charge in [-0.3, -0.25) is 4.79 Å². The summed E-state index contributed by atoms with van der Waals surface area (Å²) in [7, 11) is 0. The van der Waals surface area contributed by atoms with E-state index in [2.05, 4.69) is 17.1 Å². The van der Waals surface area contributed by atoms with Gasteiger partial charge in [-0.25, -0.2) is 0 Å². The number of rotatable bonds is 6. The van der Waals surface area contributed by atoms with Gasteiger partial charge >= 0.3 is 0 Å². The number of anilines is 1. The number of likely N-dealkylation sites (tertiary alicyclic amines) is 1. The van der Waals surface area contributed by atoms with Crippen LogP contribution in [-0.4, -0.2) is 64.4 Å². The number of hydrogen-bond donors (Lipinski definition) is 2. The molecule has 8 nitrogen and oxygen atoms in total. The fourth-order valence-corrected chi connectivity index (χ4v) is 5.55. The van der Waals surface area contributed by atoms with Crippen LogP contribution in [0.15, 0.2) is 48.5 Å². The summed E-state index contributed by atoms with van der Waals surface area (Å²) < 4.78 is 22.8. The maximum absolute atomic E-state index is 12.2. The minimum Gasteiger partial charge on any atom is -0.392 e. The number of amides is 1. The lowest BCUT2D eigenvalue weighted by atomic mass is 9.89. The molecule has 0 bridgehead atoms. The van der Waals surface area contributed by atoms with Crippen LogP contribution in [0.1, 0.15) is 48.8 Å². The van der Waals surface area contributed by atoms with Gasteiger partial charge in [-0.15, -0.1) is 0 Å². The number of aliphatic hydroxyl groups excluding tert-OH is 1. The van der Waals surface area contributed by atoms with Crippen molar-refractivity contribution in [3.05, 3.63) is 65.2 Å². The number of benzene rings is 2. The third-order valence-electron chi connectivity index (χ3n) is 7.67. The van der Waals surface area contributed by atoms with Crippen LogP contribution in [0.5, 0.6) is 0 Å². The van der Waals surface area contributed by atoms with Crippen LogP contribution >= 0.6 is 34.8 Å². The molecule has 1 amide bonds. The number of hydrogen-bond acceptors (Lipinski definition) is 7. The first-order valence-electron chi connectivity index (χ1n) is 13.1. The van der Waals surface area contributed by atoms with E-state index in [1.807, 2.05) is 30.3 Å². The van der Waals surface area contributed by atoms with Crippen molar-refractivity contribution in [3.63, 3.8) is 0 Å². The number of aliphatic hydroxyl groups is 1. The Morgan fingerprint density at radius 3 is 2.38 bits per heavy atom. The molecular formula is C28H33Cl3N2O6. The van der Waals surface area contributed by atoms with Gasteiger partial charge in [-0.1, -0.05) is 78.1 Å². The number of alkyl halides is 3. The van der Waals surface area contributed by atoms with Crippen LogP contribution in [0.4, 0.5) is 5.69 Å². The van der Waals surface area contributed by atoms with Crippen LogP contribution in [0.2, 0.25) is 0 Å². The molecule has 3 aliphatic rings. The summed E-state index contributed by atoms with van der Waals surface area (Å²) in [6, 6.07) is 14.9. The van der Waals surface area contributed by atoms with Crippen LogP contribution in [0.25, 0.3) is 0 Å². The van der Waals surface area contributed by atoms with Crippen molar-refractivity contribution >= 4 is 46.4 Å². The molecule has 0 aromatic heterocycles. The molecule has 4 atom stereocenters. The topological polar surface area (TPSA) is 89.5 Å². The van der Waals surface area contributed by atoms with Crippen molar-refractivity contribution in [2.45, 2.75) is 54.4 Å². The normalized spacial score (nSPS) is 27.5. The van der Waals surface area contributed by atoms with E-state index in [-0.39, 0.29) is 24.7 Å². The van der Waals surface area contributed by atoms with Crippen molar-refractivity contribution in [1.29, 1.82) is 0 Å². The standard InChI is InChI=1S/C28H33Cl3N2O6/c1-18-23(16-33-11-9-27(10-12-33)36-13-14-37-27)38-25(39-24(18)20-7-5-19(17-34)6-8-20)21-3-2-4-22(15-21)32-26(35)28(29,30)31/h2-8,15,18,23-25,34H,9-14,16-17H2,1H3,(H,32,35)/t18-,23+,24+,25+/m1/s1. The molecular weight excluding hydrogens is 567 g/mol. The van der Waals surface area contributed by atoms with Crippen molar-refractivity contribution in [2.24, 2.45) is 5.92 Å². The molecule has 11 heteroatoms. The van der Waals surface area contributed by atoms with Crippen molar-refractivity contribution in [3.8, 4) is 0 Å². The number of carbonyl (C=O) groups excluding carboxylic acids is 1. The molecule has 1 spiro atoms. The second-order valence-corrected chi connectivity index (χ2v) is 12.6. The zero-order chi connectivity index (χ0) is 27.6. The number of nitrogens with one attached hydrogen (secondary N) is 1. The Bertz CT molecular complexity index is 1130. The maximum Gasteiger partial charge on any atom is 0.276 e. The van der Waals surface area contributed by atoms with E-state index in [4.69, 9.17) is 53.8 Å². The van der Waals surface area contributed by atoms with E-state index >= 15 is 0 Å². The molecule has 5 rings (SSSR count). The Labute approximate surface area is 243 Å². The lowest BCUT2D eigenvalue weighted by Crippen LogP contribution is -2.50. The molecule has 3 saturated heterocycles. The van der Waals surface area contributed by atoms with Crippen LogP contribution in [0, 0.1) is 5.92 Å². The van der Waals surface area contributed by atoms with Gasteiger partial charge in [0, 0.05) is 49.6 Å². The summed E-state index contributed by atoms with van der Waals surface area (Å²) >= 11 is 17.2. The highest BCUT2D eigenvalue weighted by Gasteiger charge is 2.43. The van der Waals surface area contributed by atoms with Gasteiger partial charge in [0.2, 0.25) is 0 Å². The Hall–Kier alpha value is -1.46. The van der Waals surface area contributed by atoms with E-state index in [0.29, 0.717) is 18.9 Å². The molecule has 0 aliphatic carbocycles. The average Bonchev–Trinajstić information content (AvgIpc) is 3.39. The summed E-state index contributed by atoms with van der Waals surface area (Å²) in [5.74, 6) is -1.14. The highest BCUT2D eigenvalue weighted by molar-refractivity contribution is 6.76. The van der Waals surface area contributed by atoms with Gasteiger partial charge in [0.05, 0.1) is 32.0 Å². The zero-order valence-corrected chi connectivity index (χ0v) is 23.9. The van der Waals surface area contributed by atoms with Crippen molar-refractivity contribution < 1.29 is 28.8 Å². The molecule has 0 saturated carbocycles. The molecule has 3 heterocycles. The third kappa shape index (κ3) is 6.89. The molecule has 2 aromatic rings. The Balaban J connectivity index is 1.36. The smallest absolute Gasteiger partial charge is 0.276 e. The minimum absolute atomic E-state index is 0.0215. The fourth-order valence-electron chi connectivity index (χ4n) is 5.41. The Morgan fingerprint density at radius 1 is 1.05 bits per heavy atom. The summed E-state index contributed by atoms with van der Waals surface area (Å²) in [6.07, 6.45) is 0.579. The van der Waals surface area contributed by atoms with E-state index in [1.165, 1.54) is 0 Å². The second-order valence-electron chi connectivity index (χ2n) is 10.3. The van der Waals surface area contributed by atoms with E-state index in [9.17, 15) is 9.90 Å². The minimum atomic E-state index is -2.08. The van der Waals surface area contributed by atoms with Gasteiger partial charge in [-0.05, 0) is 23.3 Å². The first-order valence-corrected chi connectivity index (χ1v) is 14.3. The molecule has 39 heavy (non-hydrogen) atoms. The molecule has 2 N–H and O–H groups in total. The summed E-state index contributed by atoms with van der Waals surface area (Å²) in [5, 5.41) is 12.1. The first kappa shape index (κ1) is 29.0. The summed E-state index contributed by atoms with van der Waals surface area (Å²) in [5.41, 5.74) is 3.04. The highest BCUT2D eigenvalue weighted by atomic mass is 35.6. The number of halogens is 3. The van der Waals surface area contributed by atoms with Crippen molar-refractivity contribution in [2.75, 3.05) is 38.2 Å². The monoisotopic (exact) mass is 598 g/mol. The number of nitrogens with zero attached hydrogens (tertiary/aromatic N) is 1. The molecule has 3 aliphatic heterocycles. The first-order chi connectivity index (χ1) is 18.7. The van der Waals surface area contributed by atoms with Gasteiger partial charge in [0.25, 0.3) is 9.70 Å². The summed E-state index contributed by atoms with van der Waals surface area (Å²) in [6.45, 7) is 5.86. The van der Waals surface area contributed by atoms with Gasteiger partial charge < -0.3 is 34.3 Å². The van der Waals surface area contributed by atoms with Gasteiger partial charge in [0.1, 0.15) is 0 Å². The van der Waals surface area contributed by atoms with Crippen LogP contribution in [-0.2, 0) is 30.3 Å². The van der Waals surface area contributed by atoms with Gasteiger partial charge in [0.15, 0.2) is 12.1 Å². The molecule has 0 unspecified atom stereocenters. The van der Waals surface area contributed by atoms with E-state index in [1.54, 1.807) is 18.2 Å². The van der Waals surface area contributed by atoms with E-state index < -0.39 is 21.8 Å². The molecule has 212 valence electrons. The lowest BCUT2D eigenvalue weighted by Gasteiger charge is -2.44. The Morgan fingerprint density at radius 2 is 1.74 bits per heavy atom. The average molecular weight is 600 g/mol. The second kappa shape index (κ2) is 12.2. The highest BCUT2D eigenvalue weighted by Crippen LogP contribution is 2.43. The lowest BCUT2D eigenvalue weighted by molar-refractivity contribution is -0.278. The van der Waals surface area contributed by atoms with Gasteiger partial charge in [-0.2, -0.15) is 0 Å². The van der Waals surface area contributed by atoms with Crippen LogP contribution < -0.4 is 5.32 Å². The largest absolute Gasteiger partial charge is 0.392 e. The van der Waals surface area contributed by atoms with E-state index in [0.717, 1.165) is 49.2 Å².